The SMILES string of the molecule is CN=C(NCc1ccccc1OC)N1CCC(Oc2ccccc2)CC1.I. The zero-order valence-electron chi connectivity index (χ0n) is 15.9. The Balaban J connectivity index is 0.00000261. The third-order valence-corrected chi connectivity index (χ3v) is 4.63. The third-order valence-electron chi connectivity index (χ3n) is 4.63. The molecule has 146 valence electrons. The second-order valence-corrected chi connectivity index (χ2v) is 6.33. The number of para-hydroxylation sites is 2. The number of nitrogens with zero attached hydrogens (tertiary/aromatic N) is 2. The maximum Gasteiger partial charge on any atom is 0.193 e. The van der Waals surface area contributed by atoms with Crippen molar-refractivity contribution in [2.24, 2.45) is 4.99 Å². The molecule has 0 amide bonds. The smallest absolute Gasteiger partial charge is 0.193 e. The molecule has 0 atom stereocenters. The molecule has 27 heavy (non-hydrogen) atoms. The van der Waals surface area contributed by atoms with Crippen LogP contribution in [-0.2, 0) is 6.54 Å². The van der Waals surface area contributed by atoms with Gasteiger partial charge in [0.25, 0.3) is 0 Å². The first-order chi connectivity index (χ1) is 12.8. The standard InChI is InChI=1S/C21H27N3O2.HI/c1-22-21(23-16-17-8-6-7-11-20(17)25-2)24-14-12-19(13-15-24)26-18-9-4-3-5-10-18;/h3-11,19H,12-16H2,1-2H3,(H,22,23);1H. The van der Waals surface area contributed by atoms with Gasteiger partial charge in [-0.1, -0.05) is 36.4 Å². The van der Waals surface area contributed by atoms with E-state index in [0.717, 1.165) is 49.0 Å². The number of aliphatic imine (C=N–C) groups is 1. The first-order valence-corrected chi connectivity index (χ1v) is 9.09. The van der Waals surface area contributed by atoms with Crippen molar-refractivity contribution in [1.82, 2.24) is 10.2 Å². The topological polar surface area (TPSA) is 46.1 Å². The van der Waals surface area contributed by atoms with Crippen molar-refractivity contribution in [3.05, 3.63) is 60.2 Å². The van der Waals surface area contributed by atoms with Gasteiger partial charge in [-0.25, -0.2) is 0 Å². The van der Waals surface area contributed by atoms with Gasteiger partial charge in [-0.15, -0.1) is 24.0 Å². The van der Waals surface area contributed by atoms with Gasteiger partial charge in [0.05, 0.1) is 7.11 Å². The van der Waals surface area contributed by atoms with Crippen LogP contribution in [0.25, 0.3) is 0 Å². The summed E-state index contributed by atoms with van der Waals surface area (Å²) in [6, 6.07) is 18.1. The van der Waals surface area contributed by atoms with Crippen molar-refractivity contribution >= 4 is 29.9 Å². The van der Waals surface area contributed by atoms with Crippen LogP contribution in [0.4, 0.5) is 0 Å². The molecule has 1 heterocycles. The molecular formula is C21H28IN3O2. The van der Waals surface area contributed by atoms with E-state index in [-0.39, 0.29) is 30.1 Å². The van der Waals surface area contributed by atoms with Crippen LogP contribution in [0.3, 0.4) is 0 Å². The van der Waals surface area contributed by atoms with Crippen LogP contribution in [0.1, 0.15) is 18.4 Å². The second kappa shape index (κ2) is 11.0. The number of likely N-dealkylation sites (tertiary alicyclic amines) is 1. The lowest BCUT2D eigenvalue weighted by Gasteiger charge is -2.34. The largest absolute Gasteiger partial charge is 0.496 e. The minimum atomic E-state index is 0. The summed E-state index contributed by atoms with van der Waals surface area (Å²) < 4.78 is 11.5. The molecule has 0 spiro atoms. The molecule has 0 bridgehead atoms. The molecular weight excluding hydrogens is 453 g/mol. The van der Waals surface area contributed by atoms with Crippen molar-refractivity contribution < 1.29 is 9.47 Å². The number of hydrogen-bond donors (Lipinski definition) is 1. The molecule has 5 nitrogen and oxygen atoms in total. The summed E-state index contributed by atoms with van der Waals surface area (Å²) in [7, 11) is 3.53. The fourth-order valence-corrected chi connectivity index (χ4v) is 3.23. The molecule has 0 radical (unpaired) electrons. The number of hydrogen-bond acceptors (Lipinski definition) is 3. The number of methoxy groups -OCH3 is 1. The fraction of sp³-hybridized carbons (Fsp3) is 0.381. The second-order valence-electron chi connectivity index (χ2n) is 6.33. The van der Waals surface area contributed by atoms with E-state index in [0.29, 0.717) is 6.54 Å². The Morgan fingerprint density at radius 3 is 2.41 bits per heavy atom. The van der Waals surface area contributed by atoms with E-state index in [4.69, 9.17) is 9.47 Å². The van der Waals surface area contributed by atoms with E-state index in [1.807, 2.05) is 55.6 Å². The summed E-state index contributed by atoms with van der Waals surface area (Å²) >= 11 is 0. The predicted molar refractivity (Wildman–Crippen MR) is 120 cm³/mol. The lowest BCUT2D eigenvalue weighted by atomic mass is 10.1. The number of rotatable bonds is 5. The Bertz CT molecular complexity index is 716. The highest BCUT2D eigenvalue weighted by Crippen LogP contribution is 2.19. The summed E-state index contributed by atoms with van der Waals surface area (Å²) in [4.78, 5) is 6.73. The van der Waals surface area contributed by atoms with E-state index in [1.165, 1.54) is 0 Å². The zero-order chi connectivity index (χ0) is 18.2. The normalized spacial score (nSPS) is 15.0. The number of piperidine rings is 1. The van der Waals surface area contributed by atoms with Crippen LogP contribution >= 0.6 is 24.0 Å². The maximum atomic E-state index is 6.07. The molecule has 1 N–H and O–H groups in total. The maximum absolute atomic E-state index is 6.07. The Labute approximate surface area is 178 Å². The lowest BCUT2D eigenvalue weighted by molar-refractivity contribution is 0.129. The summed E-state index contributed by atoms with van der Waals surface area (Å²) in [5, 5.41) is 3.45. The Kier molecular flexibility index (Phi) is 8.71. The zero-order valence-corrected chi connectivity index (χ0v) is 18.3. The summed E-state index contributed by atoms with van der Waals surface area (Å²) in [5.41, 5.74) is 1.12. The van der Waals surface area contributed by atoms with Gasteiger partial charge in [0, 0.05) is 45.1 Å². The molecule has 0 aromatic heterocycles. The molecule has 6 heteroatoms. The van der Waals surface area contributed by atoms with Crippen molar-refractivity contribution in [3.63, 3.8) is 0 Å². The van der Waals surface area contributed by atoms with Gasteiger partial charge in [0.2, 0.25) is 0 Å². The van der Waals surface area contributed by atoms with E-state index in [9.17, 15) is 0 Å². The van der Waals surface area contributed by atoms with Crippen LogP contribution in [0.15, 0.2) is 59.6 Å². The Morgan fingerprint density at radius 2 is 1.74 bits per heavy atom. The van der Waals surface area contributed by atoms with Gasteiger partial charge in [-0.05, 0) is 18.2 Å². The number of benzene rings is 2. The minimum Gasteiger partial charge on any atom is -0.496 e. The van der Waals surface area contributed by atoms with Crippen LogP contribution in [0.5, 0.6) is 11.5 Å². The number of guanidine groups is 1. The average Bonchev–Trinajstić information content (AvgIpc) is 2.70. The van der Waals surface area contributed by atoms with Gasteiger partial charge in [0.1, 0.15) is 17.6 Å². The molecule has 2 aromatic carbocycles. The fourth-order valence-electron chi connectivity index (χ4n) is 3.23. The number of ether oxygens (including phenoxy) is 2. The Morgan fingerprint density at radius 1 is 1.07 bits per heavy atom. The van der Waals surface area contributed by atoms with Crippen LogP contribution in [0, 0.1) is 0 Å². The van der Waals surface area contributed by atoms with Crippen LogP contribution in [0.2, 0.25) is 0 Å². The van der Waals surface area contributed by atoms with Gasteiger partial charge < -0.3 is 19.7 Å². The van der Waals surface area contributed by atoms with Crippen molar-refractivity contribution in [2.75, 3.05) is 27.2 Å². The quantitative estimate of drug-likeness (QED) is 0.400. The minimum absolute atomic E-state index is 0. The summed E-state index contributed by atoms with van der Waals surface area (Å²) in [6.07, 6.45) is 2.25. The molecule has 0 unspecified atom stereocenters. The monoisotopic (exact) mass is 481 g/mol. The summed E-state index contributed by atoms with van der Waals surface area (Å²) in [6.45, 7) is 2.56. The van der Waals surface area contributed by atoms with Gasteiger partial charge in [-0.2, -0.15) is 0 Å². The molecule has 1 aliphatic heterocycles. The predicted octanol–water partition coefficient (Wildman–Crippen LogP) is 3.93. The molecule has 1 aliphatic rings. The average molecular weight is 481 g/mol. The van der Waals surface area contributed by atoms with Crippen molar-refractivity contribution in [3.8, 4) is 11.5 Å². The Hall–Kier alpha value is -1.96. The van der Waals surface area contributed by atoms with Crippen molar-refractivity contribution in [2.45, 2.75) is 25.5 Å². The van der Waals surface area contributed by atoms with E-state index in [2.05, 4.69) is 21.3 Å². The first kappa shape index (κ1) is 21.3. The van der Waals surface area contributed by atoms with Crippen LogP contribution in [-0.4, -0.2) is 44.2 Å². The molecule has 3 rings (SSSR count). The van der Waals surface area contributed by atoms with E-state index >= 15 is 0 Å². The molecule has 1 saturated heterocycles. The number of halogens is 1. The van der Waals surface area contributed by atoms with Crippen LogP contribution < -0.4 is 14.8 Å². The highest BCUT2D eigenvalue weighted by Gasteiger charge is 2.22. The van der Waals surface area contributed by atoms with E-state index < -0.39 is 0 Å². The van der Waals surface area contributed by atoms with Gasteiger partial charge >= 0.3 is 0 Å². The van der Waals surface area contributed by atoms with Gasteiger partial charge in [0.15, 0.2) is 5.96 Å². The van der Waals surface area contributed by atoms with E-state index in [1.54, 1.807) is 7.11 Å². The highest BCUT2D eigenvalue weighted by atomic mass is 127. The van der Waals surface area contributed by atoms with Crippen molar-refractivity contribution in [1.29, 1.82) is 0 Å². The first-order valence-electron chi connectivity index (χ1n) is 9.09. The molecule has 1 fully saturated rings. The summed E-state index contributed by atoms with van der Waals surface area (Å²) in [5.74, 6) is 2.77. The lowest BCUT2D eigenvalue weighted by Crippen LogP contribution is -2.47. The number of nitrogens with one attached hydrogen (secondary N) is 1. The third kappa shape index (κ3) is 6.02. The highest BCUT2D eigenvalue weighted by molar-refractivity contribution is 14.0. The van der Waals surface area contributed by atoms with Gasteiger partial charge in [-0.3, -0.25) is 4.99 Å². The molecule has 2 aromatic rings. The molecule has 0 saturated carbocycles. The molecule has 0 aliphatic carbocycles.